The Kier molecular flexibility index (Phi) is 5.23. The van der Waals surface area contributed by atoms with Crippen molar-refractivity contribution in [3.63, 3.8) is 0 Å². The van der Waals surface area contributed by atoms with Crippen LogP contribution in [-0.4, -0.2) is 43.4 Å². The lowest BCUT2D eigenvalue weighted by Crippen LogP contribution is -2.37. The van der Waals surface area contributed by atoms with Gasteiger partial charge in [-0.1, -0.05) is 55.5 Å². The number of pyridine rings is 1. The van der Waals surface area contributed by atoms with Crippen LogP contribution in [0.15, 0.2) is 36.5 Å². The fourth-order valence-corrected chi connectivity index (χ4v) is 5.31. The van der Waals surface area contributed by atoms with Gasteiger partial charge in [0.15, 0.2) is 5.69 Å². The molecule has 2 fully saturated rings. The number of carbonyl (C=O) groups excluding carboxylic acids is 1. The molecule has 6 heteroatoms. The van der Waals surface area contributed by atoms with Crippen LogP contribution in [0.4, 0.5) is 0 Å². The maximum absolute atomic E-state index is 13.4. The molecule has 1 aromatic carbocycles. The number of hydrogen-bond acceptors (Lipinski definition) is 4. The summed E-state index contributed by atoms with van der Waals surface area (Å²) in [7, 11) is 0. The Morgan fingerprint density at radius 2 is 1.90 bits per heavy atom. The number of rotatable bonds is 4. The first-order valence-corrected chi connectivity index (χ1v) is 11.3. The summed E-state index contributed by atoms with van der Waals surface area (Å²) in [5.74, 6) is 0.806. The quantitative estimate of drug-likeness (QED) is 0.633. The second-order valence-electron chi connectivity index (χ2n) is 8.82. The number of para-hydroxylation sites is 1. The fraction of sp³-hybridized carbons (Fsp3) is 0.500. The zero-order chi connectivity index (χ0) is 20.5. The second-order valence-corrected chi connectivity index (χ2v) is 8.82. The molecule has 156 valence electrons. The molecule has 1 unspecified atom stereocenters. The lowest BCUT2D eigenvalue weighted by Gasteiger charge is -2.29. The minimum Gasteiger partial charge on any atom is -0.334 e. The van der Waals surface area contributed by atoms with Crippen molar-refractivity contribution in [2.24, 2.45) is 5.92 Å². The number of amides is 1. The summed E-state index contributed by atoms with van der Waals surface area (Å²) >= 11 is 0. The highest BCUT2D eigenvalue weighted by molar-refractivity contribution is 5.94. The van der Waals surface area contributed by atoms with Gasteiger partial charge in [-0.2, -0.15) is 0 Å². The third-order valence-electron chi connectivity index (χ3n) is 6.90. The van der Waals surface area contributed by atoms with Crippen LogP contribution < -0.4 is 0 Å². The van der Waals surface area contributed by atoms with Gasteiger partial charge in [0.05, 0.1) is 16.9 Å². The van der Waals surface area contributed by atoms with E-state index in [1.165, 1.54) is 32.1 Å². The van der Waals surface area contributed by atoms with Gasteiger partial charge in [0.25, 0.3) is 5.91 Å². The lowest BCUT2D eigenvalue weighted by molar-refractivity contribution is 0.0704. The predicted octanol–water partition coefficient (Wildman–Crippen LogP) is 4.70. The van der Waals surface area contributed by atoms with Crippen molar-refractivity contribution in [3.05, 3.63) is 47.9 Å². The number of carbonyl (C=O) groups is 1. The normalized spacial score (nSPS) is 20.2. The first-order chi connectivity index (χ1) is 14.7. The van der Waals surface area contributed by atoms with Crippen LogP contribution in [0.5, 0.6) is 0 Å². The highest BCUT2D eigenvalue weighted by Gasteiger charge is 2.34. The van der Waals surface area contributed by atoms with E-state index in [9.17, 15) is 4.79 Å². The molecule has 0 radical (unpaired) electrons. The maximum atomic E-state index is 13.4. The number of fused-ring (bicyclic) bond motifs is 1. The molecule has 1 aliphatic heterocycles. The number of likely N-dealkylation sites (tertiary alicyclic amines) is 1. The molecule has 0 N–H and O–H groups in total. The van der Waals surface area contributed by atoms with Crippen molar-refractivity contribution in [3.8, 4) is 5.69 Å². The summed E-state index contributed by atoms with van der Waals surface area (Å²) in [4.78, 5) is 20.0. The molecule has 1 saturated heterocycles. The molecule has 3 heterocycles. The third kappa shape index (κ3) is 3.48. The number of aromatic nitrogens is 4. The SMILES string of the molecule is Cc1c(C(=O)N2CCCC2CC2CCCCC2)nnn1-c1cccc2cccnc12. The van der Waals surface area contributed by atoms with Crippen molar-refractivity contribution >= 4 is 16.8 Å². The van der Waals surface area contributed by atoms with E-state index in [-0.39, 0.29) is 5.91 Å². The van der Waals surface area contributed by atoms with Gasteiger partial charge in [-0.05, 0) is 44.2 Å². The summed E-state index contributed by atoms with van der Waals surface area (Å²) in [6, 6.07) is 10.3. The molecule has 1 aliphatic carbocycles. The second kappa shape index (κ2) is 8.17. The highest BCUT2D eigenvalue weighted by atomic mass is 16.2. The number of benzene rings is 1. The van der Waals surface area contributed by atoms with Crippen molar-refractivity contribution < 1.29 is 4.79 Å². The molecule has 1 atom stereocenters. The van der Waals surface area contributed by atoms with Gasteiger partial charge in [0.2, 0.25) is 0 Å². The minimum atomic E-state index is 0.0326. The van der Waals surface area contributed by atoms with Crippen LogP contribution in [-0.2, 0) is 0 Å². The van der Waals surface area contributed by atoms with Gasteiger partial charge in [0.1, 0.15) is 0 Å². The highest BCUT2D eigenvalue weighted by Crippen LogP contribution is 2.33. The summed E-state index contributed by atoms with van der Waals surface area (Å²) in [5, 5.41) is 9.71. The van der Waals surface area contributed by atoms with E-state index in [0.717, 1.165) is 54.0 Å². The summed E-state index contributed by atoms with van der Waals surface area (Å²) in [5.41, 5.74) is 2.97. The predicted molar refractivity (Wildman–Crippen MR) is 117 cm³/mol. The van der Waals surface area contributed by atoms with Crippen molar-refractivity contribution in [2.75, 3.05) is 6.54 Å². The van der Waals surface area contributed by atoms with Crippen LogP contribution >= 0.6 is 0 Å². The van der Waals surface area contributed by atoms with E-state index in [1.807, 2.05) is 37.3 Å². The van der Waals surface area contributed by atoms with Crippen LogP contribution in [0.2, 0.25) is 0 Å². The van der Waals surface area contributed by atoms with E-state index in [2.05, 4.69) is 20.2 Å². The summed E-state index contributed by atoms with van der Waals surface area (Å²) < 4.78 is 1.76. The van der Waals surface area contributed by atoms with E-state index in [4.69, 9.17) is 0 Å². The molecule has 0 bridgehead atoms. The molecule has 30 heavy (non-hydrogen) atoms. The van der Waals surface area contributed by atoms with Crippen LogP contribution in [0, 0.1) is 12.8 Å². The molecule has 5 rings (SSSR count). The monoisotopic (exact) mass is 403 g/mol. The Bertz CT molecular complexity index is 1050. The summed E-state index contributed by atoms with van der Waals surface area (Å²) in [6.07, 6.45) is 11.8. The Morgan fingerprint density at radius 3 is 2.77 bits per heavy atom. The van der Waals surface area contributed by atoms with Crippen molar-refractivity contribution in [1.82, 2.24) is 24.9 Å². The molecular formula is C24H29N5O. The fourth-order valence-electron chi connectivity index (χ4n) is 5.31. The first kappa shape index (κ1) is 19.2. The maximum Gasteiger partial charge on any atom is 0.276 e. The molecule has 1 saturated carbocycles. The van der Waals surface area contributed by atoms with E-state index in [0.29, 0.717) is 11.7 Å². The molecule has 2 aliphatic rings. The standard InChI is InChI=1S/C24H29N5O/c1-17-22(24(30)28-15-7-12-20(28)16-18-8-3-2-4-9-18)26-27-29(17)21-13-5-10-19-11-6-14-25-23(19)21/h5-6,10-11,13-14,18,20H,2-4,7-9,12,15-16H2,1H3. The minimum absolute atomic E-state index is 0.0326. The smallest absolute Gasteiger partial charge is 0.276 e. The zero-order valence-corrected chi connectivity index (χ0v) is 17.6. The molecule has 6 nitrogen and oxygen atoms in total. The lowest BCUT2D eigenvalue weighted by atomic mass is 9.84. The van der Waals surface area contributed by atoms with Gasteiger partial charge in [-0.25, -0.2) is 4.68 Å². The number of nitrogens with zero attached hydrogens (tertiary/aromatic N) is 5. The van der Waals surface area contributed by atoms with Crippen LogP contribution in [0.1, 0.15) is 67.5 Å². The van der Waals surface area contributed by atoms with E-state index in [1.54, 1.807) is 10.9 Å². The van der Waals surface area contributed by atoms with Gasteiger partial charge < -0.3 is 4.90 Å². The average Bonchev–Trinajstić information content (AvgIpc) is 3.40. The molecule has 0 spiro atoms. The van der Waals surface area contributed by atoms with Gasteiger partial charge in [-0.3, -0.25) is 9.78 Å². The first-order valence-electron chi connectivity index (χ1n) is 11.3. The average molecular weight is 404 g/mol. The van der Waals surface area contributed by atoms with Gasteiger partial charge in [0, 0.05) is 24.2 Å². The van der Waals surface area contributed by atoms with Gasteiger partial charge in [-0.15, -0.1) is 5.10 Å². The Hall–Kier alpha value is -2.76. The van der Waals surface area contributed by atoms with E-state index >= 15 is 0 Å². The molecule has 1 amide bonds. The Morgan fingerprint density at radius 1 is 1.07 bits per heavy atom. The largest absolute Gasteiger partial charge is 0.334 e. The summed E-state index contributed by atoms with van der Waals surface area (Å²) in [6.45, 7) is 2.76. The molecular weight excluding hydrogens is 374 g/mol. The van der Waals surface area contributed by atoms with Crippen molar-refractivity contribution in [2.45, 2.75) is 64.3 Å². The van der Waals surface area contributed by atoms with Crippen LogP contribution in [0.3, 0.4) is 0 Å². The topological polar surface area (TPSA) is 63.9 Å². The Balaban J connectivity index is 1.41. The van der Waals surface area contributed by atoms with Crippen LogP contribution in [0.25, 0.3) is 16.6 Å². The molecule has 3 aromatic rings. The zero-order valence-electron chi connectivity index (χ0n) is 17.6. The third-order valence-corrected chi connectivity index (χ3v) is 6.90. The van der Waals surface area contributed by atoms with Crippen molar-refractivity contribution in [1.29, 1.82) is 0 Å². The molecule has 2 aromatic heterocycles. The number of hydrogen-bond donors (Lipinski definition) is 0. The van der Waals surface area contributed by atoms with E-state index < -0.39 is 0 Å². The Labute approximate surface area is 177 Å². The van der Waals surface area contributed by atoms with Gasteiger partial charge >= 0.3 is 0 Å².